The molecule has 1 aliphatic heterocycles. The van der Waals surface area contributed by atoms with Crippen LogP contribution in [0.3, 0.4) is 0 Å². The summed E-state index contributed by atoms with van der Waals surface area (Å²) in [5.74, 6) is 0.130. The minimum Gasteiger partial charge on any atom is -0.307 e. The summed E-state index contributed by atoms with van der Waals surface area (Å²) in [6, 6.07) is 5.44. The molecule has 74 valence electrons. The number of Topliss-reactive ketones (excluding diaryl/α,β-unsaturated/α-hetero) is 1. The first-order valence-electron chi connectivity index (χ1n) is 5.06. The highest BCUT2D eigenvalue weighted by Crippen LogP contribution is 2.11. The van der Waals surface area contributed by atoms with Gasteiger partial charge in [0.05, 0.1) is 6.04 Å². The fraction of sp³-hybridized carbons (Fsp3) is 0.455. The number of pyridine rings is 1. The fourth-order valence-electron chi connectivity index (χ4n) is 1.76. The van der Waals surface area contributed by atoms with Gasteiger partial charge < -0.3 is 5.32 Å². The molecule has 14 heavy (non-hydrogen) atoms. The van der Waals surface area contributed by atoms with Gasteiger partial charge in [0.15, 0.2) is 5.78 Å². The van der Waals surface area contributed by atoms with Crippen LogP contribution in [0, 0.1) is 0 Å². The van der Waals surface area contributed by atoms with Gasteiger partial charge in [-0.05, 0) is 31.5 Å². The molecule has 1 fully saturated rings. The Balaban J connectivity index is 2.07. The summed E-state index contributed by atoms with van der Waals surface area (Å²) in [5.41, 5.74) is 0.576. The molecule has 3 nitrogen and oxygen atoms in total. The van der Waals surface area contributed by atoms with E-state index in [2.05, 4.69) is 10.3 Å². The third-order valence-corrected chi connectivity index (χ3v) is 2.54. The highest BCUT2D eigenvalue weighted by Gasteiger charge is 2.22. The molecule has 0 radical (unpaired) electrons. The van der Waals surface area contributed by atoms with Crippen molar-refractivity contribution < 1.29 is 4.79 Å². The van der Waals surface area contributed by atoms with Gasteiger partial charge in [0.25, 0.3) is 0 Å². The Hall–Kier alpha value is -1.22. The van der Waals surface area contributed by atoms with E-state index in [0.29, 0.717) is 5.69 Å². The molecule has 1 unspecified atom stereocenters. The number of ketones is 1. The van der Waals surface area contributed by atoms with E-state index in [4.69, 9.17) is 0 Å². The van der Waals surface area contributed by atoms with Crippen molar-refractivity contribution in [2.24, 2.45) is 0 Å². The molecule has 0 aliphatic carbocycles. The Labute approximate surface area is 83.5 Å². The van der Waals surface area contributed by atoms with E-state index in [1.54, 1.807) is 12.3 Å². The van der Waals surface area contributed by atoms with Crippen molar-refractivity contribution in [3.8, 4) is 0 Å². The number of nitrogens with zero attached hydrogens (tertiary/aromatic N) is 1. The largest absolute Gasteiger partial charge is 0.307 e. The first-order valence-corrected chi connectivity index (χ1v) is 5.06. The van der Waals surface area contributed by atoms with E-state index in [1.807, 2.05) is 12.1 Å². The van der Waals surface area contributed by atoms with E-state index < -0.39 is 0 Å². The first-order chi connectivity index (χ1) is 6.88. The molecular weight excluding hydrogens is 176 g/mol. The first kappa shape index (κ1) is 9.34. The van der Waals surface area contributed by atoms with Gasteiger partial charge in [-0.25, -0.2) is 0 Å². The molecule has 1 aromatic rings. The topological polar surface area (TPSA) is 42.0 Å². The number of aromatic nitrogens is 1. The lowest BCUT2D eigenvalue weighted by molar-refractivity contribution is 0.0922. The molecular formula is C11H14N2O. The molecule has 1 N–H and O–H groups in total. The van der Waals surface area contributed by atoms with Crippen LogP contribution in [0.4, 0.5) is 0 Å². The number of nitrogens with one attached hydrogen (secondary N) is 1. The van der Waals surface area contributed by atoms with Crippen molar-refractivity contribution in [2.75, 3.05) is 6.54 Å². The molecule has 0 amide bonds. The summed E-state index contributed by atoms with van der Waals surface area (Å²) in [6.45, 7) is 0.948. The van der Waals surface area contributed by atoms with Gasteiger partial charge in [-0.15, -0.1) is 0 Å². The van der Waals surface area contributed by atoms with Crippen LogP contribution in [-0.4, -0.2) is 23.4 Å². The van der Waals surface area contributed by atoms with Crippen LogP contribution in [0.2, 0.25) is 0 Å². The Kier molecular flexibility index (Phi) is 2.89. The van der Waals surface area contributed by atoms with Crippen LogP contribution >= 0.6 is 0 Å². The second-order valence-electron chi connectivity index (χ2n) is 3.58. The van der Waals surface area contributed by atoms with Gasteiger partial charge in [0.1, 0.15) is 5.69 Å². The average Bonchev–Trinajstić information content (AvgIpc) is 2.30. The van der Waals surface area contributed by atoms with Gasteiger partial charge >= 0.3 is 0 Å². The Morgan fingerprint density at radius 1 is 1.43 bits per heavy atom. The normalized spacial score (nSPS) is 21.9. The molecule has 1 aliphatic rings. The summed E-state index contributed by atoms with van der Waals surface area (Å²) in [5, 5.41) is 3.23. The standard InChI is InChI=1S/C11H14N2O/c14-11(9-5-1-3-7-12-9)10-6-2-4-8-13-10/h1,3,5,7,10,13H,2,4,6,8H2. The number of carbonyl (C=O) groups is 1. The van der Waals surface area contributed by atoms with Gasteiger partial charge in [0, 0.05) is 6.20 Å². The summed E-state index contributed by atoms with van der Waals surface area (Å²) < 4.78 is 0. The second-order valence-corrected chi connectivity index (χ2v) is 3.58. The lowest BCUT2D eigenvalue weighted by atomic mass is 9.99. The van der Waals surface area contributed by atoms with E-state index in [-0.39, 0.29) is 11.8 Å². The molecule has 2 rings (SSSR count). The summed E-state index contributed by atoms with van der Waals surface area (Å²) in [4.78, 5) is 15.9. The smallest absolute Gasteiger partial charge is 0.197 e. The molecule has 0 aromatic carbocycles. The lowest BCUT2D eigenvalue weighted by Crippen LogP contribution is -2.40. The second kappa shape index (κ2) is 4.33. The number of piperidine rings is 1. The third-order valence-electron chi connectivity index (χ3n) is 2.54. The van der Waals surface area contributed by atoms with Crippen LogP contribution in [0.25, 0.3) is 0 Å². The molecule has 1 aromatic heterocycles. The van der Waals surface area contributed by atoms with Crippen molar-refractivity contribution in [3.05, 3.63) is 30.1 Å². The van der Waals surface area contributed by atoms with Crippen molar-refractivity contribution >= 4 is 5.78 Å². The molecule has 0 saturated carbocycles. The van der Waals surface area contributed by atoms with Gasteiger partial charge in [-0.1, -0.05) is 12.5 Å². The van der Waals surface area contributed by atoms with Crippen LogP contribution in [0.15, 0.2) is 24.4 Å². The molecule has 2 heterocycles. The molecule has 1 atom stereocenters. The van der Waals surface area contributed by atoms with Gasteiger partial charge in [0.2, 0.25) is 0 Å². The van der Waals surface area contributed by atoms with E-state index in [0.717, 1.165) is 19.4 Å². The highest BCUT2D eigenvalue weighted by molar-refractivity contribution is 5.98. The molecule has 0 spiro atoms. The zero-order chi connectivity index (χ0) is 9.80. The van der Waals surface area contributed by atoms with Crippen LogP contribution < -0.4 is 5.32 Å². The van der Waals surface area contributed by atoms with E-state index in [1.165, 1.54) is 6.42 Å². The van der Waals surface area contributed by atoms with Crippen molar-refractivity contribution in [1.29, 1.82) is 0 Å². The minimum atomic E-state index is -0.0151. The Morgan fingerprint density at radius 2 is 2.36 bits per heavy atom. The van der Waals surface area contributed by atoms with Crippen molar-refractivity contribution in [3.63, 3.8) is 0 Å². The number of hydrogen-bond donors (Lipinski definition) is 1. The monoisotopic (exact) mass is 190 g/mol. The maximum atomic E-state index is 11.9. The van der Waals surface area contributed by atoms with E-state index >= 15 is 0 Å². The van der Waals surface area contributed by atoms with Crippen LogP contribution in [-0.2, 0) is 0 Å². The quantitative estimate of drug-likeness (QED) is 0.717. The van der Waals surface area contributed by atoms with Crippen LogP contribution in [0.1, 0.15) is 29.8 Å². The van der Waals surface area contributed by atoms with Crippen molar-refractivity contribution in [2.45, 2.75) is 25.3 Å². The fourth-order valence-corrected chi connectivity index (χ4v) is 1.76. The third kappa shape index (κ3) is 1.99. The Bertz CT molecular complexity index is 304. The van der Waals surface area contributed by atoms with Gasteiger partial charge in [-0.2, -0.15) is 0 Å². The SMILES string of the molecule is O=C(c1ccccn1)C1CCCCN1. The van der Waals surface area contributed by atoms with E-state index in [9.17, 15) is 4.79 Å². The average molecular weight is 190 g/mol. The summed E-state index contributed by atoms with van der Waals surface area (Å²) in [7, 11) is 0. The lowest BCUT2D eigenvalue weighted by Gasteiger charge is -2.21. The maximum Gasteiger partial charge on any atom is 0.197 e. The number of carbonyl (C=O) groups excluding carboxylic acids is 1. The Morgan fingerprint density at radius 3 is 3.00 bits per heavy atom. The molecule has 0 bridgehead atoms. The molecule has 3 heteroatoms. The maximum absolute atomic E-state index is 11.9. The number of rotatable bonds is 2. The van der Waals surface area contributed by atoms with Crippen molar-refractivity contribution in [1.82, 2.24) is 10.3 Å². The number of hydrogen-bond acceptors (Lipinski definition) is 3. The zero-order valence-electron chi connectivity index (χ0n) is 8.07. The zero-order valence-corrected chi connectivity index (χ0v) is 8.07. The van der Waals surface area contributed by atoms with Gasteiger partial charge in [-0.3, -0.25) is 9.78 Å². The predicted octanol–water partition coefficient (Wildman–Crippen LogP) is 1.41. The molecule has 1 saturated heterocycles. The minimum absolute atomic E-state index is 0.0151. The predicted molar refractivity (Wildman–Crippen MR) is 54.2 cm³/mol. The summed E-state index contributed by atoms with van der Waals surface area (Å²) in [6.07, 6.45) is 4.91. The highest BCUT2D eigenvalue weighted by atomic mass is 16.1. The van der Waals surface area contributed by atoms with Crippen LogP contribution in [0.5, 0.6) is 0 Å². The summed E-state index contributed by atoms with van der Waals surface area (Å²) >= 11 is 0.